The lowest BCUT2D eigenvalue weighted by Gasteiger charge is -2.35. The van der Waals surface area contributed by atoms with Crippen molar-refractivity contribution in [1.29, 1.82) is 0 Å². The van der Waals surface area contributed by atoms with E-state index in [0.717, 1.165) is 42.9 Å². The number of piperazine rings is 1. The molecule has 2 rings (SSSR count). The topological polar surface area (TPSA) is 43.3 Å². The molecule has 0 spiro atoms. The van der Waals surface area contributed by atoms with Crippen molar-refractivity contribution in [1.82, 2.24) is 20.0 Å². The average molecular weight is 538 g/mol. The molecule has 1 aromatic rings. The first-order valence-corrected chi connectivity index (χ1v) is 10.6. The zero-order valence-corrected chi connectivity index (χ0v) is 21.3. The van der Waals surface area contributed by atoms with E-state index in [2.05, 4.69) is 38.9 Å². The summed E-state index contributed by atoms with van der Waals surface area (Å²) in [6.45, 7) is 13.8. The lowest BCUT2D eigenvalue weighted by Crippen LogP contribution is -2.49. The normalized spacial score (nSPS) is 16.8. The fourth-order valence-corrected chi connectivity index (χ4v) is 3.51. The fraction of sp³-hybridized carbons (Fsp3) is 0.667. The molecule has 1 atom stereocenters. The van der Waals surface area contributed by atoms with E-state index < -0.39 is 0 Å². The van der Waals surface area contributed by atoms with Crippen molar-refractivity contribution in [2.75, 3.05) is 73.1 Å². The van der Waals surface area contributed by atoms with Gasteiger partial charge in [-0.05, 0) is 36.7 Å². The molecule has 1 unspecified atom stereocenters. The minimum Gasteiger partial charge on any atom is -0.492 e. The van der Waals surface area contributed by atoms with Gasteiger partial charge in [0.05, 0.1) is 6.54 Å². The van der Waals surface area contributed by atoms with E-state index in [1.165, 1.54) is 26.2 Å². The number of ether oxygens (including phenoxy) is 1. The van der Waals surface area contributed by atoms with Gasteiger partial charge >= 0.3 is 0 Å². The van der Waals surface area contributed by atoms with Crippen LogP contribution in [0.5, 0.6) is 5.75 Å². The number of benzene rings is 1. The highest BCUT2D eigenvalue weighted by Crippen LogP contribution is 2.15. The number of hydrogen-bond donors (Lipinski definition) is 1. The summed E-state index contributed by atoms with van der Waals surface area (Å²) in [6, 6.07) is 7.45. The summed E-state index contributed by atoms with van der Waals surface area (Å²) >= 11 is 5.90. The van der Waals surface area contributed by atoms with Crippen LogP contribution in [-0.4, -0.2) is 93.7 Å². The van der Waals surface area contributed by atoms with Gasteiger partial charge in [0, 0.05) is 58.4 Å². The Hall–Kier alpha value is -0.770. The molecular formula is C21H37ClIN5O. The van der Waals surface area contributed by atoms with Crippen molar-refractivity contribution in [3.8, 4) is 5.75 Å². The minimum atomic E-state index is 0. The summed E-state index contributed by atoms with van der Waals surface area (Å²) in [5.74, 6) is 2.31. The largest absolute Gasteiger partial charge is 0.492 e. The number of nitrogens with zero attached hydrogens (tertiary/aromatic N) is 4. The van der Waals surface area contributed by atoms with Crippen LogP contribution in [0.25, 0.3) is 0 Å². The molecule has 1 aromatic carbocycles. The van der Waals surface area contributed by atoms with Crippen molar-refractivity contribution in [2.45, 2.75) is 13.8 Å². The van der Waals surface area contributed by atoms with Crippen LogP contribution in [0, 0.1) is 5.92 Å². The average Bonchev–Trinajstić information content (AvgIpc) is 2.70. The van der Waals surface area contributed by atoms with E-state index in [-0.39, 0.29) is 24.0 Å². The maximum Gasteiger partial charge on any atom is 0.193 e. The number of aliphatic imine (C=N–C) groups is 1. The molecular weight excluding hydrogens is 501 g/mol. The Balaban J connectivity index is 0.00000420. The van der Waals surface area contributed by atoms with Gasteiger partial charge in [-0.25, -0.2) is 0 Å². The van der Waals surface area contributed by atoms with Crippen LogP contribution in [0.15, 0.2) is 29.3 Å². The molecule has 1 saturated heterocycles. The molecule has 1 aliphatic heterocycles. The van der Waals surface area contributed by atoms with Gasteiger partial charge < -0.3 is 24.8 Å². The molecule has 1 heterocycles. The minimum absolute atomic E-state index is 0. The molecule has 29 heavy (non-hydrogen) atoms. The second-order valence-corrected chi connectivity index (χ2v) is 7.93. The fourth-order valence-electron chi connectivity index (χ4n) is 3.38. The van der Waals surface area contributed by atoms with Crippen LogP contribution in [0.3, 0.4) is 0 Å². The van der Waals surface area contributed by atoms with Crippen molar-refractivity contribution in [3.05, 3.63) is 29.3 Å². The highest BCUT2D eigenvalue weighted by Gasteiger charge is 2.17. The summed E-state index contributed by atoms with van der Waals surface area (Å²) in [5.41, 5.74) is 0. The van der Waals surface area contributed by atoms with Crippen molar-refractivity contribution in [3.63, 3.8) is 0 Å². The third kappa shape index (κ3) is 9.72. The highest BCUT2D eigenvalue weighted by atomic mass is 127. The number of hydrogen-bond acceptors (Lipinski definition) is 4. The third-order valence-electron chi connectivity index (χ3n) is 5.17. The molecule has 1 fully saturated rings. The predicted molar refractivity (Wildman–Crippen MR) is 134 cm³/mol. The number of halogens is 2. The van der Waals surface area contributed by atoms with Crippen LogP contribution in [-0.2, 0) is 0 Å². The molecule has 166 valence electrons. The molecule has 1 aliphatic rings. The molecule has 0 radical (unpaired) electrons. The number of guanidine groups is 1. The zero-order chi connectivity index (χ0) is 20.4. The maximum atomic E-state index is 5.90. The van der Waals surface area contributed by atoms with Gasteiger partial charge in [-0.1, -0.05) is 25.4 Å². The number of nitrogens with one attached hydrogen (secondary N) is 1. The van der Waals surface area contributed by atoms with Gasteiger partial charge in [-0.2, -0.15) is 0 Å². The van der Waals surface area contributed by atoms with E-state index in [1.54, 1.807) is 0 Å². The van der Waals surface area contributed by atoms with Crippen LogP contribution in [0.1, 0.15) is 13.8 Å². The zero-order valence-electron chi connectivity index (χ0n) is 18.2. The third-order valence-corrected chi connectivity index (χ3v) is 5.43. The first-order chi connectivity index (χ1) is 13.5. The molecule has 0 amide bonds. The quantitative estimate of drug-likeness (QED) is 0.298. The predicted octanol–water partition coefficient (Wildman–Crippen LogP) is 3.12. The Morgan fingerprint density at radius 3 is 2.41 bits per heavy atom. The smallest absolute Gasteiger partial charge is 0.193 e. The molecule has 0 aromatic heterocycles. The van der Waals surface area contributed by atoms with Crippen LogP contribution in [0.4, 0.5) is 0 Å². The molecule has 6 nitrogen and oxygen atoms in total. The molecule has 8 heteroatoms. The van der Waals surface area contributed by atoms with Crippen LogP contribution >= 0.6 is 35.6 Å². The van der Waals surface area contributed by atoms with Gasteiger partial charge in [0.1, 0.15) is 12.4 Å². The monoisotopic (exact) mass is 537 g/mol. The van der Waals surface area contributed by atoms with Gasteiger partial charge in [-0.3, -0.25) is 4.99 Å². The second-order valence-electron chi connectivity index (χ2n) is 7.49. The maximum absolute atomic E-state index is 5.90. The number of likely N-dealkylation sites (N-methyl/N-ethyl adjacent to an activating group) is 2. The lowest BCUT2D eigenvalue weighted by atomic mass is 10.1. The van der Waals surface area contributed by atoms with Gasteiger partial charge in [-0.15, -0.1) is 24.0 Å². The summed E-state index contributed by atoms with van der Waals surface area (Å²) in [4.78, 5) is 11.6. The highest BCUT2D eigenvalue weighted by molar-refractivity contribution is 14.0. The first-order valence-electron chi connectivity index (χ1n) is 10.3. The van der Waals surface area contributed by atoms with Crippen LogP contribution < -0.4 is 10.1 Å². The molecule has 0 bridgehead atoms. The van der Waals surface area contributed by atoms with E-state index in [4.69, 9.17) is 16.3 Å². The van der Waals surface area contributed by atoms with Crippen LogP contribution in [0.2, 0.25) is 5.02 Å². The molecule has 0 aliphatic carbocycles. The Morgan fingerprint density at radius 1 is 1.21 bits per heavy atom. The molecule has 0 saturated carbocycles. The lowest BCUT2D eigenvalue weighted by molar-refractivity contribution is 0.124. The van der Waals surface area contributed by atoms with E-state index in [0.29, 0.717) is 12.5 Å². The molecule has 1 N–H and O–H groups in total. The Labute approximate surface area is 198 Å². The Kier molecular flexibility index (Phi) is 12.9. The van der Waals surface area contributed by atoms with Crippen molar-refractivity contribution in [2.24, 2.45) is 10.9 Å². The Morgan fingerprint density at radius 2 is 1.83 bits per heavy atom. The van der Waals surface area contributed by atoms with Gasteiger partial charge in [0.15, 0.2) is 5.96 Å². The standard InChI is InChI=1S/C21H36ClN5O.HI/c1-5-26-10-12-27(13-11-26)17-18(2)16-24-21(23-3)25(4)14-15-28-20-8-6-19(22)7-9-20;/h6-9,18H,5,10-17H2,1-4H3,(H,23,24);1H. The van der Waals surface area contributed by atoms with E-state index in [1.807, 2.05) is 38.4 Å². The second kappa shape index (κ2) is 14.3. The van der Waals surface area contributed by atoms with Gasteiger partial charge in [0.25, 0.3) is 0 Å². The van der Waals surface area contributed by atoms with Gasteiger partial charge in [0.2, 0.25) is 0 Å². The summed E-state index contributed by atoms with van der Waals surface area (Å²) in [5, 5.41) is 4.22. The van der Waals surface area contributed by atoms with E-state index in [9.17, 15) is 0 Å². The van der Waals surface area contributed by atoms with Crippen molar-refractivity contribution < 1.29 is 4.74 Å². The van der Waals surface area contributed by atoms with E-state index >= 15 is 0 Å². The summed E-state index contributed by atoms with van der Waals surface area (Å²) in [7, 11) is 3.86. The number of rotatable bonds is 9. The Bertz CT molecular complexity index is 593. The van der Waals surface area contributed by atoms with Crippen molar-refractivity contribution >= 4 is 41.5 Å². The summed E-state index contributed by atoms with van der Waals surface area (Å²) in [6.07, 6.45) is 0. The first kappa shape index (κ1) is 26.3. The SMILES string of the molecule is CCN1CCN(CC(C)CNC(=NC)N(C)CCOc2ccc(Cl)cc2)CC1.I. The summed E-state index contributed by atoms with van der Waals surface area (Å²) < 4.78 is 5.78.